The predicted octanol–water partition coefficient (Wildman–Crippen LogP) is 1.50. The van der Waals surface area contributed by atoms with E-state index < -0.39 is 0 Å². The van der Waals surface area contributed by atoms with Gasteiger partial charge in [-0.05, 0) is 25.7 Å². The first-order chi connectivity index (χ1) is 7.17. The number of carbonyl (C=O) groups is 1. The number of carbonyl (C=O) groups excluding carboxylic acids is 1. The van der Waals surface area contributed by atoms with Gasteiger partial charge in [0.2, 0.25) is 0 Å². The van der Waals surface area contributed by atoms with Crippen LogP contribution in [0.25, 0.3) is 0 Å². The standard InChI is InChI=1S/C12H17NO2/c1-13(2)9-11-8-10(6-7-14)4-5-12(11)15-3/h4-5,7-8H,6,9H2,1-3H3. The Morgan fingerprint density at radius 1 is 1.40 bits per heavy atom. The molecule has 0 radical (unpaired) electrons. The van der Waals surface area contributed by atoms with E-state index in [-0.39, 0.29) is 0 Å². The number of rotatable bonds is 5. The lowest BCUT2D eigenvalue weighted by Gasteiger charge is -2.14. The zero-order chi connectivity index (χ0) is 11.3. The molecule has 0 aromatic heterocycles. The fourth-order valence-corrected chi connectivity index (χ4v) is 1.52. The lowest BCUT2D eigenvalue weighted by molar-refractivity contribution is -0.107. The maximum atomic E-state index is 10.4. The predicted molar refractivity (Wildman–Crippen MR) is 60.2 cm³/mol. The Bertz CT molecular complexity index is 334. The molecular formula is C12H17NO2. The van der Waals surface area contributed by atoms with Crippen molar-refractivity contribution in [1.82, 2.24) is 4.90 Å². The molecule has 0 saturated heterocycles. The summed E-state index contributed by atoms with van der Waals surface area (Å²) < 4.78 is 5.26. The largest absolute Gasteiger partial charge is 0.496 e. The molecule has 3 heteroatoms. The summed E-state index contributed by atoms with van der Waals surface area (Å²) >= 11 is 0. The SMILES string of the molecule is COc1ccc(CC=O)cc1CN(C)C. The van der Waals surface area contributed by atoms with Gasteiger partial charge in [-0.1, -0.05) is 12.1 Å². The fraction of sp³-hybridized carbons (Fsp3) is 0.417. The maximum absolute atomic E-state index is 10.4. The van der Waals surface area contributed by atoms with Crippen molar-refractivity contribution in [3.05, 3.63) is 29.3 Å². The van der Waals surface area contributed by atoms with Crippen molar-refractivity contribution in [2.24, 2.45) is 0 Å². The van der Waals surface area contributed by atoms with Gasteiger partial charge in [0.25, 0.3) is 0 Å². The third-order valence-electron chi connectivity index (χ3n) is 2.15. The van der Waals surface area contributed by atoms with Crippen LogP contribution < -0.4 is 4.74 Å². The fourth-order valence-electron chi connectivity index (χ4n) is 1.52. The highest BCUT2D eigenvalue weighted by atomic mass is 16.5. The topological polar surface area (TPSA) is 29.5 Å². The number of nitrogens with zero attached hydrogens (tertiary/aromatic N) is 1. The molecule has 0 amide bonds. The van der Waals surface area contributed by atoms with Gasteiger partial charge >= 0.3 is 0 Å². The summed E-state index contributed by atoms with van der Waals surface area (Å²) in [5.74, 6) is 0.873. The summed E-state index contributed by atoms with van der Waals surface area (Å²) in [7, 11) is 5.67. The van der Waals surface area contributed by atoms with Crippen LogP contribution in [0.2, 0.25) is 0 Å². The van der Waals surface area contributed by atoms with Crippen molar-refractivity contribution in [3.8, 4) is 5.75 Å². The summed E-state index contributed by atoms with van der Waals surface area (Å²) in [4.78, 5) is 12.5. The summed E-state index contributed by atoms with van der Waals surface area (Å²) in [5, 5.41) is 0. The molecule has 0 aliphatic heterocycles. The van der Waals surface area contributed by atoms with Crippen LogP contribution in [0.1, 0.15) is 11.1 Å². The minimum atomic E-state index is 0.463. The first-order valence-electron chi connectivity index (χ1n) is 4.91. The van der Waals surface area contributed by atoms with E-state index in [1.54, 1.807) is 7.11 Å². The quantitative estimate of drug-likeness (QED) is 0.685. The molecule has 0 fully saturated rings. The summed E-state index contributed by atoms with van der Waals surface area (Å²) in [6.07, 6.45) is 1.38. The highest BCUT2D eigenvalue weighted by molar-refractivity contribution is 5.55. The number of methoxy groups -OCH3 is 1. The molecule has 1 aromatic carbocycles. The average Bonchev–Trinajstić information content (AvgIpc) is 2.18. The smallest absolute Gasteiger partial charge is 0.124 e. The molecule has 0 N–H and O–H groups in total. The van der Waals surface area contributed by atoms with E-state index >= 15 is 0 Å². The van der Waals surface area contributed by atoms with E-state index in [9.17, 15) is 4.79 Å². The molecule has 1 rings (SSSR count). The van der Waals surface area contributed by atoms with Gasteiger partial charge in [0.15, 0.2) is 0 Å². The molecule has 0 bridgehead atoms. The van der Waals surface area contributed by atoms with Gasteiger partial charge in [-0.15, -0.1) is 0 Å². The highest BCUT2D eigenvalue weighted by Gasteiger charge is 2.05. The van der Waals surface area contributed by atoms with Gasteiger partial charge in [-0.3, -0.25) is 0 Å². The van der Waals surface area contributed by atoms with E-state index in [4.69, 9.17) is 4.74 Å². The van der Waals surface area contributed by atoms with E-state index in [2.05, 4.69) is 4.90 Å². The van der Waals surface area contributed by atoms with Crippen LogP contribution >= 0.6 is 0 Å². The molecular weight excluding hydrogens is 190 g/mol. The van der Waals surface area contributed by atoms with Crippen LogP contribution in [0.3, 0.4) is 0 Å². The van der Waals surface area contributed by atoms with Crippen molar-refractivity contribution in [3.63, 3.8) is 0 Å². The molecule has 3 nitrogen and oxygen atoms in total. The number of hydrogen-bond acceptors (Lipinski definition) is 3. The van der Waals surface area contributed by atoms with Crippen LogP contribution in [0.4, 0.5) is 0 Å². The number of aldehydes is 1. The van der Waals surface area contributed by atoms with Crippen molar-refractivity contribution in [2.75, 3.05) is 21.2 Å². The zero-order valence-corrected chi connectivity index (χ0v) is 9.49. The van der Waals surface area contributed by atoms with Crippen molar-refractivity contribution in [2.45, 2.75) is 13.0 Å². The summed E-state index contributed by atoms with van der Waals surface area (Å²) in [6.45, 7) is 0.815. The van der Waals surface area contributed by atoms with Gasteiger partial charge in [-0.25, -0.2) is 0 Å². The van der Waals surface area contributed by atoms with Gasteiger partial charge in [0.05, 0.1) is 7.11 Å². The third kappa shape index (κ3) is 3.36. The van der Waals surface area contributed by atoms with Crippen LogP contribution in [-0.4, -0.2) is 32.4 Å². The third-order valence-corrected chi connectivity index (χ3v) is 2.15. The average molecular weight is 207 g/mol. The first-order valence-corrected chi connectivity index (χ1v) is 4.91. The Kier molecular flexibility index (Phi) is 4.31. The van der Waals surface area contributed by atoms with E-state index in [0.717, 1.165) is 29.7 Å². The van der Waals surface area contributed by atoms with Crippen LogP contribution in [0, 0.1) is 0 Å². The van der Waals surface area contributed by atoms with E-state index in [1.807, 2.05) is 32.3 Å². The first kappa shape index (κ1) is 11.7. The molecule has 0 saturated carbocycles. The second kappa shape index (κ2) is 5.51. The Labute approximate surface area is 90.7 Å². The molecule has 15 heavy (non-hydrogen) atoms. The van der Waals surface area contributed by atoms with Crippen LogP contribution in [-0.2, 0) is 17.8 Å². The molecule has 0 unspecified atom stereocenters. The lowest BCUT2D eigenvalue weighted by Crippen LogP contribution is -2.11. The number of ether oxygens (including phenoxy) is 1. The monoisotopic (exact) mass is 207 g/mol. The molecule has 82 valence electrons. The van der Waals surface area contributed by atoms with Crippen LogP contribution in [0.15, 0.2) is 18.2 Å². The molecule has 0 aliphatic rings. The summed E-state index contributed by atoms with van der Waals surface area (Å²) in [5.41, 5.74) is 2.14. The highest BCUT2D eigenvalue weighted by Crippen LogP contribution is 2.20. The van der Waals surface area contributed by atoms with Crippen molar-refractivity contribution >= 4 is 6.29 Å². The minimum absolute atomic E-state index is 0.463. The van der Waals surface area contributed by atoms with Gasteiger partial charge in [-0.2, -0.15) is 0 Å². The Hall–Kier alpha value is -1.35. The van der Waals surface area contributed by atoms with E-state index in [1.165, 1.54) is 0 Å². The number of benzene rings is 1. The lowest BCUT2D eigenvalue weighted by atomic mass is 10.1. The van der Waals surface area contributed by atoms with Crippen molar-refractivity contribution < 1.29 is 9.53 Å². The van der Waals surface area contributed by atoms with Gasteiger partial charge in [0, 0.05) is 18.5 Å². The second-order valence-corrected chi connectivity index (χ2v) is 3.75. The van der Waals surface area contributed by atoms with Gasteiger partial charge in [0.1, 0.15) is 12.0 Å². The second-order valence-electron chi connectivity index (χ2n) is 3.75. The molecule has 0 atom stereocenters. The summed E-state index contributed by atoms with van der Waals surface area (Å²) in [6, 6.07) is 5.86. The normalized spacial score (nSPS) is 10.4. The molecule has 0 aliphatic carbocycles. The van der Waals surface area contributed by atoms with Crippen LogP contribution in [0.5, 0.6) is 5.75 Å². The number of hydrogen-bond donors (Lipinski definition) is 0. The Morgan fingerprint density at radius 2 is 2.13 bits per heavy atom. The maximum Gasteiger partial charge on any atom is 0.124 e. The molecule has 1 aromatic rings. The zero-order valence-electron chi connectivity index (χ0n) is 9.49. The van der Waals surface area contributed by atoms with Gasteiger partial charge < -0.3 is 14.4 Å². The Balaban J connectivity index is 2.96. The molecule has 0 spiro atoms. The minimum Gasteiger partial charge on any atom is -0.496 e. The van der Waals surface area contributed by atoms with Crippen molar-refractivity contribution in [1.29, 1.82) is 0 Å². The van der Waals surface area contributed by atoms with E-state index in [0.29, 0.717) is 6.42 Å². The Morgan fingerprint density at radius 3 is 2.67 bits per heavy atom. The molecule has 0 heterocycles.